The average molecular weight is 693 g/mol. The highest BCUT2D eigenvalue weighted by molar-refractivity contribution is 5.94. The van der Waals surface area contributed by atoms with Gasteiger partial charge in [0.1, 0.15) is 0 Å². The minimum atomic E-state index is -5.22. The summed E-state index contributed by atoms with van der Waals surface area (Å²) < 4.78 is 56.8. The normalized spacial score (nSPS) is 12.1. The van der Waals surface area contributed by atoms with E-state index in [0.29, 0.717) is 12.8 Å². The first-order valence-electron chi connectivity index (χ1n) is 20.5. The Hall–Kier alpha value is -1.34. The summed E-state index contributed by atoms with van der Waals surface area (Å²) in [6.07, 6.45) is 37.4. The number of carbonyl (C=O) groups is 2. The fourth-order valence-corrected chi connectivity index (χ4v) is 6.50. The maximum absolute atomic E-state index is 14.5. The summed E-state index contributed by atoms with van der Waals surface area (Å²) in [5.41, 5.74) is 4.53. The zero-order valence-electron chi connectivity index (χ0n) is 31.4. The Labute approximate surface area is 293 Å². The summed E-state index contributed by atoms with van der Waals surface area (Å²) in [5.74, 6) is -14.8. The van der Waals surface area contributed by atoms with Crippen molar-refractivity contribution in [1.29, 1.82) is 0 Å². The molecule has 8 heteroatoms. The molecule has 0 heterocycles. The number of alkyl halides is 4. The lowest BCUT2D eigenvalue weighted by Gasteiger charge is -2.30. The molecule has 0 saturated heterocycles. The number of amides is 2. The van der Waals surface area contributed by atoms with Gasteiger partial charge in [-0.05, 0) is 12.8 Å². The number of unbranched alkanes of at least 4 members (excludes halogenated alkanes) is 30. The highest BCUT2D eigenvalue weighted by atomic mass is 19.3. The SMILES string of the molecule is CCCCCCCCCCCCCCCCCCN(CCCCCCCCCCCCCCCCCC)C(=O)C(F)(F)C(F)(F)C(N)=O. The van der Waals surface area contributed by atoms with Crippen molar-refractivity contribution in [3.63, 3.8) is 0 Å². The lowest BCUT2D eigenvalue weighted by Crippen LogP contribution is -2.59. The van der Waals surface area contributed by atoms with Crippen LogP contribution in [-0.2, 0) is 9.59 Å². The molecule has 0 aliphatic rings. The second-order valence-electron chi connectivity index (χ2n) is 14.4. The lowest BCUT2D eigenvalue weighted by atomic mass is 10.0. The van der Waals surface area contributed by atoms with Crippen molar-refractivity contribution in [2.45, 2.75) is 231 Å². The summed E-state index contributed by atoms with van der Waals surface area (Å²) in [6.45, 7) is 4.46. The minimum Gasteiger partial charge on any atom is -0.364 e. The molecule has 0 fully saturated rings. The van der Waals surface area contributed by atoms with Crippen LogP contribution in [0.15, 0.2) is 0 Å². The van der Waals surface area contributed by atoms with Crippen LogP contribution in [0.25, 0.3) is 0 Å². The van der Waals surface area contributed by atoms with E-state index in [1.165, 1.54) is 141 Å². The Morgan fingerprint density at radius 2 is 0.604 bits per heavy atom. The summed E-state index contributed by atoms with van der Waals surface area (Å²) in [4.78, 5) is 24.5. The molecule has 4 nitrogen and oxygen atoms in total. The predicted molar refractivity (Wildman–Crippen MR) is 195 cm³/mol. The lowest BCUT2D eigenvalue weighted by molar-refractivity contribution is -0.216. The highest BCUT2D eigenvalue weighted by Crippen LogP contribution is 2.36. The third kappa shape index (κ3) is 23.9. The summed E-state index contributed by atoms with van der Waals surface area (Å²) >= 11 is 0. The van der Waals surface area contributed by atoms with Gasteiger partial charge < -0.3 is 10.6 Å². The third-order valence-electron chi connectivity index (χ3n) is 9.82. The van der Waals surface area contributed by atoms with Gasteiger partial charge in [-0.15, -0.1) is 0 Å². The topological polar surface area (TPSA) is 63.4 Å². The number of primary amides is 1. The Bertz CT molecular complexity index is 715. The molecule has 0 aromatic rings. The van der Waals surface area contributed by atoms with Gasteiger partial charge in [0.25, 0.3) is 11.8 Å². The second-order valence-corrected chi connectivity index (χ2v) is 14.4. The number of rotatable bonds is 37. The molecule has 0 saturated carbocycles. The molecule has 0 atom stereocenters. The van der Waals surface area contributed by atoms with Gasteiger partial charge in [0.05, 0.1) is 0 Å². The van der Waals surface area contributed by atoms with Crippen molar-refractivity contribution in [2.75, 3.05) is 13.1 Å². The van der Waals surface area contributed by atoms with Crippen molar-refractivity contribution in [2.24, 2.45) is 5.73 Å². The number of hydrogen-bond donors (Lipinski definition) is 1. The number of carbonyl (C=O) groups excluding carboxylic acids is 2. The molecule has 0 unspecified atom stereocenters. The fourth-order valence-electron chi connectivity index (χ4n) is 6.50. The number of halogens is 4. The predicted octanol–water partition coefficient (Wildman–Crippen LogP) is 13.1. The Kier molecular flexibility index (Phi) is 30.7. The van der Waals surface area contributed by atoms with Crippen molar-refractivity contribution in [3.8, 4) is 0 Å². The van der Waals surface area contributed by atoms with E-state index < -0.39 is 23.7 Å². The molecule has 2 N–H and O–H groups in total. The number of hydrogen-bond acceptors (Lipinski definition) is 2. The van der Waals surface area contributed by atoms with E-state index in [9.17, 15) is 27.2 Å². The Balaban J connectivity index is 4.22. The van der Waals surface area contributed by atoms with Gasteiger partial charge in [-0.3, -0.25) is 9.59 Å². The molecule has 0 aliphatic heterocycles. The maximum Gasteiger partial charge on any atom is 0.395 e. The van der Waals surface area contributed by atoms with Crippen LogP contribution in [-0.4, -0.2) is 41.6 Å². The van der Waals surface area contributed by atoms with Crippen LogP contribution < -0.4 is 5.73 Å². The minimum absolute atomic E-state index is 0.0134. The van der Waals surface area contributed by atoms with Crippen LogP contribution in [0.4, 0.5) is 17.6 Å². The van der Waals surface area contributed by atoms with E-state index in [1.54, 1.807) is 0 Å². The van der Waals surface area contributed by atoms with Crippen LogP contribution in [0.2, 0.25) is 0 Å². The fraction of sp³-hybridized carbons (Fsp3) is 0.950. The van der Waals surface area contributed by atoms with Gasteiger partial charge in [-0.2, -0.15) is 17.6 Å². The molecule has 0 aromatic heterocycles. The third-order valence-corrected chi connectivity index (χ3v) is 9.82. The van der Waals surface area contributed by atoms with E-state index >= 15 is 0 Å². The zero-order valence-corrected chi connectivity index (χ0v) is 31.4. The summed E-state index contributed by atoms with van der Waals surface area (Å²) in [5, 5.41) is 0. The number of nitrogens with two attached hydrogens (primary N) is 1. The first-order chi connectivity index (χ1) is 23.1. The van der Waals surface area contributed by atoms with Crippen molar-refractivity contribution in [3.05, 3.63) is 0 Å². The molecule has 0 aliphatic carbocycles. The van der Waals surface area contributed by atoms with Gasteiger partial charge in [-0.25, -0.2) is 0 Å². The second kappa shape index (κ2) is 31.6. The average Bonchev–Trinajstić information content (AvgIpc) is 3.06. The molecule has 0 radical (unpaired) electrons. The van der Waals surface area contributed by atoms with E-state index in [2.05, 4.69) is 19.6 Å². The molecule has 2 amide bonds. The van der Waals surface area contributed by atoms with Crippen molar-refractivity contribution < 1.29 is 27.2 Å². The van der Waals surface area contributed by atoms with Gasteiger partial charge >= 0.3 is 11.8 Å². The highest BCUT2D eigenvalue weighted by Gasteiger charge is 2.67. The molecule has 0 rings (SSSR count). The van der Waals surface area contributed by atoms with Crippen LogP contribution >= 0.6 is 0 Å². The van der Waals surface area contributed by atoms with E-state index in [0.717, 1.165) is 56.3 Å². The summed E-state index contributed by atoms with van der Waals surface area (Å²) in [6, 6.07) is 0. The first kappa shape index (κ1) is 46.7. The first-order valence-corrected chi connectivity index (χ1v) is 20.5. The van der Waals surface area contributed by atoms with Gasteiger partial charge in [0, 0.05) is 13.1 Å². The monoisotopic (exact) mass is 693 g/mol. The summed E-state index contributed by atoms with van der Waals surface area (Å²) in [7, 11) is 0. The van der Waals surface area contributed by atoms with Crippen LogP contribution in [0.5, 0.6) is 0 Å². The maximum atomic E-state index is 14.5. The van der Waals surface area contributed by atoms with E-state index in [-0.39, 0.29) is 13.1 Å². The van der Waals surface area contributed by atoms with Gasteiger partial charge in [0.15, 0.2) is 0 Å². The smallest absolute Gasteiger partial charge is 0.364 e. The zero-order chi connectivity index (χ0) is 35.8. The van der Waals surface area contributed by atoms with Gasteiger partial charge in [0.2, 0.25) is 0 Å². The van der Waals surface area contributed by atoms with Crippen LogP contribution in [0.3, 0.4) is 0 Å². The van der Waals surface area contributed by atoms with Crippen molar-refractivity contribution >= 4 is 11.8 Å². The molecular weight excluding hydrogens is 616 g/mol. The Morgan fingerprint density at radius 3 is 0.812 bits per heavy atom. The molecule has 286 valence electrons. The molecule has 0 bridgehead atoms. The Morgan fingerprint density at radius 1 is 0.396 bits per heavy atom. The van der Waals surface area contributed by atoms with Crippen LogP contribution in [0, 0.1) is 0 Å². The quantitative estimate of drug-likeness (QED) is 0.0520. The van der Waals surface area contributed by atoms with Gasteiger partial charge in [-0.1, -0.05) is 206 Å². The van der Waals surface area contributed by atoms with Crippen LogP contribution in [0.1, 0.15) is 219 Å². The largest absolute Gasteiger partial charge is 0.395 e. The number of nitrogens with zero attached hydrogens (tertiary/aromatic N) is 1. The standard InChI is InChI=1S/C40H76F4N2O2/c1-3-5-7-9-11-13-15-17-19-21-23-25-27-29-31-33-35-46(38(48)40(43,44)39(41,42)37(45)47)36-34-32-30-28-26-24-22-20-18-16-14-12-10-8-6-4-2/h3-36H2,1-2H3,(H2,45,47). The molecule has 0 aromatic carbocycles. The van der Waals surface area contributed by atoms with E-state index in [4.69, 9.17) is 0 Å². The molecule has 48 heavy (non-hydrogen) atoms. The van der Waals surface area contributed by atoms with Crippen molar-refractivity contribution in [1.82, 2.24) is 4.90 Å². The molecule has 0 spiro atoms. The van der Waals surface area contributed by atoms with E-state index in [1.807, 2.05) is 0 Å². The molecular formula is C40H76F4N2O2.